The van der Waals surface area contributed by atoms with Crippen LogP contribution in [0.15, 0.2) is 54.2 Å². The minimum absolute atomic E-state index is 0.00257. The lowest BCUT2D eigenvalue weighted by molar-refractivity contribution is -0.121. The zero-order valence-corrected chi connectivity index (χ0v) is 14.4. The highest BCUT2D eigenvalue weighted by atomic mass is 32.1. The lowest BCUT2D eigenvalue weighted by Gasteiger charge is -2.04. The summed E-state index contributed by atoms with van der Waals surface area (Å²) in [6.45, 7) is 0.546. The van der Waals surface area contributed by atoms with Gasteiger partial charge in [-0.2, -0.15) is 0 Å². The summed E-state index contributed by atoms with van der Waals surface area (Å²) in [6, 6.07) is 10.2. The Morgan fingerprint density at radius 2 is 1.84 bits per heavy atom. The summed E-state index contributed by atoms with van der Waals surface area (Å²) < 4.78 is 12.8. The van der Waals surface area contributed by atoms with Gasteiger partial charge in [-0.25, -0.2) is 9.37 Å². The van der Waals surface area contributed by atoms with E-state index in [0.29, 0.717) is 25.8 Å². The van der Waals surface area contributed by atoms with Gasteiger partial charge in [-0.3, -0.25) is 9.78 Å². The van der Waals surface area contributed by atoms with Crippen molar-refractivity contribution in [2.75, 3.05) is 6.54 Å². The quantitative estimate of drug-likeness (QED) is 0.704. The van der Waals surface area contributed by atoms with E-state index in [1.165, 1.54) is 12.1 Å². The van der Waals surface area contributed by atoms with E-state index in [4.69, 9.17) is 0 Å². The third-order valence-electron chi connectivity index (χ3n) is 3.74. The van der Waals surface area contributed by atoms with Crippen molar-refractivity contribution in [2.24, 2.45) is 0 Å². The maximum atomic E-state index is 12.8. The molecular formula is C19H18FN3OS. The topological polar surface area (TPSA) is 54.9 Å². The molecule has 0 radical (unpaired) electrons. The van der Waals surface area contributed by atoms with Gasteiger partial charge in [0.15, 0.2) is 0 Å². The van der Waals surface area contributed by atoms with Crippen LogP contribution in [0.2, 0.25) is 0 Å². The molecule has 1 amide bonds. The Hall–Kier alpha value is -2.60. The van der Waals surface area contributed by atoms with Crippen LogP contribution in [0.25, 0.3) is 11.3 Å². The average molecular weight is 355 g/mol. The van der Waals surface area contributed by atoms with Gasteiger partial charge in [0.25, 0.3) is 0 Å². The monoisotopic (exact) mass is 355 g/mol. The van der Waals surface area contributed by atoms with Crippen molar-refractivity contribution in [3.05, 3.63) is 70.6 Å². The van der Waals surface area contributed by atoms with Crippen LogP contribution in [0, 0.1) is 5.82 Å². The summed E-state index contributed by atoms with van der Waals surface area (Å²) in [5, 5.41) is 5.83. The van der Waals surface area contributed by atoms with Crippen molar-refractivity contribution >= 4 is 17.2 Å². The lowest BCUT2D eigenvalue weighted by atomic mass is 10.1. The molecule has 3 aromatic rings. The maximum Gasteiger partial charge on any atom is 0.220 e. The van der Waals surface area contributed by atoms with Crippen molar-refractivity contribution < 1.29 is 9.18 Å². The van der Waals surface area contributed by atoms with Crippen LogP contribution in [0.4, 0.5) is 4.39 Å². The predicted octanol–water partition coefficient (Wildman–Crippen LogP) is 3.64. The normalized spacial score (nSPS) is 10.6. The highest BCUT2D eigenvalue weighted by Crippen LogP contribution is 2.21. The minimum Gasteiger partial charge on any atom is -0.356 e. The van der Waals surface area contributed by atoms with Crippen LogP contribution >= 0.6 is 11.3 Å². The largest absolute Gasteiger partial charge is 0.356 e. The number of pyridine rings is 1. The lowest BCUT2D eigenvalue weighted by Crippen LogP contribution is -2.25. The van der Waals surface area contributed by atoms with Crippen LogP contribution in [-0.4, -0.2) is 22.4 Å². The van der Waals surface area contributed by atoms with Crippen molar-refractivity contribution in [1.29, 1.82) is 0 Å². The maximum absolute atomic E-state index is 12.8. The van der Waals surface area contributed by atoms with E-state index >= 15 is 0 Å². The van der Waals surface area contributed by atoms with Crippen molar-refractivity contribution in [1.82, 2.24) is 15.3 Å². The smallest absolute Gasteiger partial charge is 0.220 e. The van der Waals surface area contributed by atoms with Crippen molar-refractivity contribution in [3.63, 3.8) is 0 Å². The summed E-state index contributed by atoms with van der Waals surface area (Å²) in [4.78, 5) is 20.5. The number of thiazole rings is 1. The van der Waals surface area contributed by atoms with Gasteiger partial charge in [-0.1, -0.05) is 12.1 Å². The number of amides is 1. The second-order valence-corrected chi connectivity index (χ2v) is 6.53. The zero-order valence-electron chi connectivity index (χ0n) is 13.6. The van der Waals surface area contributed by atoms with E-state index in [2.05, 4.69) is 15.3 Å². The summed E-state index contributed by atoms with van der Waals surface area (Å²) in [5.74, 6) is -0.245. The highest BCUT2D eigenvalue weighted by Gasteiger charge is 2.07. The number of aromatic nitrogens is 2. The van der Waals surface area contributed by atoms with Crippen LogP contribution in [0.3, 0.4) is 0 Å². The molecular weight excluding hydrogens is 337 g/mol. The number of nitrogens with zero attached hydrogens (tertiary/aromatic N) is 2. The van der Waals surface area contributed by atoms with Gasteiger partial charge in [0.05, 0.1) is 10.7 Å². The Bertz CT molecular complexity index is 818. The molecule has 0 atom stereocenters. The molecule has 0 bridgehead atoms. The summed E-state index contributed by atoms with van der Waals surface area (Å²) in [7, 11) is 0. The number of hydrogen-bond acceptors (Lipinski definition) is 4. The number of aryl methyl sites for hydroxylation is 1. The first-order chi connectivity index (χ1) is 12.2. The molecule has 0 saturated heterocycles. The first-order valence-electron chi connectivity index (χ1n) is 8.06. The van der Waals surface area contributed by atoms with Gasteiger partial charge in [0.2, 0.25) is 5.91 Å². The third kappa shape index (κ3) is 5.19. The number of rotatable bonds is 7. The molecule has 25 heavy (non-hydrogen) atoms. The Morgan fingerprint density at radius 3 is 2.60 bits per heavy atom. The van der Waals surface area contributed by atoms with E-state index in [-0.39, 0.29) is 11.7 Å². The minimum atomic E-state index is -0.248. The van der Waals surface area contributed by atoms with Crippen LogP contribution < -0.4 is 5.32 Å². The summed E-state index contributed by atoms with van der Waals surface area (Å²) in [6.07, 6.45) is 5.20. The van der Waals surface area contributed by atoms with E-state index in [1.54, 1.807) is 35.9 Å². The van der Waals surface area contributed by atoms with Gasteiger partial charge in [0, 0.05) is 42.7 Å². The first kappa shape index (κ1) is 17.2. The van der Waals surface area contributed by atoms with Gasteiger partial charge in [0.1, 0.15) is 5.82 Å². The molecule has 2 aromatic heterocycles. The highest BCUT2D eigenvalue weighted by molar-refractivity contribution is 7.09. The zero-order chi connectivity index (χ0) is 17.5. The molecule has 6 heteroatoms. The molecule has 3 rings (SSSR count). The molecule has 2 heterocycles. The van der Waals surface area contributed by atoms with E-state index in [0.717, 1.165) is 21.8 Å². The van der Waals surface area contributed by atoms with Gasteiger partial charge < -0.3 is 5.32 Å². The van der Waals surface area contributed by atoms with E-state index < -0.39 is 0 Å². The summed E-state index contributed by atoms with van der Waals surface area (Å²) in [5.41, 5.74) is 2.95. The van der Waals surface area contributed by atoms with E-state index in [9.17, 15) is 9.18 Å². The second kappa shape index (κ2) is 8.48. The van der Waals surface area contributed by atoms with Crippen molar-refractivity contribution in [2.45, 2.75) is 19.3 Å². The Kier molecular flexibility index (Phi) is 5.85. The number of carbonyl (C=O) groups excluding carboxylic acids is 1. The molecule has 0 spiro atoms. The Morgan fingerprint density at radius 1 is 1.08 bits per heavy atom. The molecule has 0 aliphatic carbocycles. The predicted molar refractivity (Wildman–Crippen MR) is 96.8 cm³/mol. The average Bonchev–Trinajstić information content (AvgIpc) is 3.11. The fraction of sp³-hybridized carbons (Fsp3) is 0.211. The molecule has 0 unspecified atom stereocenters. The number of nitrogens with one attached hydrogen (secondary N) is 1. The number of carbonyl (C=O) groups is 1. The summed E-state index contributed by atoms with van der Waals surface area (Å²) >= 11 is 1.56. The van der Waals surface area contributed by atoms with Gasteiger partial charge >= 0.3 is 0 Å². The number of hydrogen-bond donors (Lipinski definition) is 1. The van der Waals surface area contributed by atoms with E-state index in [1.807, 2.05) is 17.5 Å². The van der Waals surface area contributed by atoms with Gasteiger partial charge in [-0.05, 0) is 36.2 Å². The second-order valence-electron chi connectivity index (χ2n) is 5.59. The molecule has 128 valence electrons. The fourth-order valence-corrected chi connectivity index (χ4v) is 3.19. The number of benzene rings is 1. The third-order valence-corrected chi connectivity index (χ3v) is 4.65. The molecule has 0 saturated carbocycles. The molecule has 1 N–H and O–H groups in total. The standard InChI is InChI=1S/C19H18FN3OS/c20-16-3-1-14(2-4-16)7-12-22-18(24)5-6-19-23-17(13-25-19)15-8-10-21-11-9-15/h1-4,8-11,13H,5-7,12H2,(H,22,24). The Labute approximate surface area is 149 Å². The first-order valence-corrected chi connectivity index (χ1v) is 8.94. The molecule has 4 nitrogen and oxygen atoms in total. The fourth-order valence-electron chi connectivity index (χ4n) is 2.39. The Balaban J connectivity index is 1.42. The molecule has 0 fully saturated rings. The molecule has 0 aliphatic rings. The van der Waals surface area contributed by atoms with Crippen molar-refractivity contribution in [3.8, 4) is 11.3 Å². The SMILES string of the molecule is O=C(CCc1nc(-c2ccncc2)cs1)NCCc1ccc(F)cc1. The van der Waals surface area contributed by atoms with Gasteiger partial charge in [-0.15, -0.1) is 11.3 Å². The van der Waals surface area contributed by atoms with Crippen LogP contribution in [0.5, 0.6) is 0 Å². The molecule has 0 aliphatic heterocycles. The van der Waals surface area contributed by atoms with Crippen LogP contribution in [0.1, 0.15) is 17.0 Å². The number of halogens is 1. The molecule has 1 aromatic carbocycles. The van der Waals surface area contributed by atoms with Crippen LogP contribution in [-0.2, 0) is 17.6 Å².